The molecule has 30 heavy (non-hydrogen) atoms. The summed E-state index contributed by atoms with van der Waals surface area (Å²) in [5.74, 6) is 0.413. The van der Waals surface area contributed by atoms with Gasteiger partial charge in [0.05, 0.1) is 16.7 Å². The number of para-hydroxylation sites is 2. The Kier molecular flexibility index (Phi) is 4.46. The van der Waals surface area contributed by atoms with Crippen molar-refractivity contribution in [1.82, 2.24) is 19.7 Å². The molecule has 4 aromatic rings. The average Bonchev–Trinajstić information content (AvgIpc) is 3.22. The molecule has 152 valence electrons. The number of aromatic amines is 1. The van der Waals surface area contributed by atoms with Crippen LogP contribution >= 0.6 is 0 Å². The van der Waals surface area contributed by atoms with Crippen molar-refractivity contribution in [1.29, 1.82) is 0 Å². The fraction of sp³-hybridized carbons (Fsp3) is 0.273. The molecule has 1 saturated heterocycles. The molecule has 1 amide bonds. The molecule has 8 heteroatoms. The number of carbonyl (C=O) groups is 1. The average molecular weight is 404 g/mol. The lowest BCUT2D eigenvalue weighted by Gasteiger charge is -2.31. The number of aromatic nitrogens is 3. The van der Waals surface area contributed by atoms with Gasteiger partial charge in [0.2, 0.25) is 5.91 Å². The number of likely N-dealkylation sites (tertiary alicyclic amines) is 1. The number of oxazole rings is 1. The summed E-state index contributed by atoms with van der Waals surface area (Å²) in [6, 6.07) is 14.2. The highest BCUT2D eigenvalue weighted by Gasteiger charge is 2.28. The first-order valence-corrected chi connectivity index (χ1v) is 9.95. The Morgan fingerprint density at radius 2 is 1.87 bits per heavy atom. The molecule has 3 heterocycles. The van der Waals surface area contributed by atoms with Crippen LogP contribution in [0, 0.1) is 0 Å². The van der Waals surface area contributed by atoms with E-state index in [1.807, 2.05) is 24.3 Å². The van der Waals surface area contributed by atoms with E-state index in [9.17, 15) is 14.4 Å². The Labute approximate surface area is 170 Å². The minimum absolute atomic E-state index is 0.00229. The van der Waals surface area contributed by atoms with Gasteiger partial charge in [0.25, 0.3) is 11.1 Å². The third-order valence-corrected chi connectivity index (χ3v) is 5.61. The summed E-state index contributed by atoms with van der Waals surface area (Å²) in [6.45, 7) is 0.861. The zero-order valence-electron chi connectivity index (χ0n) is 16.2. The highest BCUT2D eigenvalue weighted by Crippen LogP contribution is 2.29. The highest BCUT2D eigenvalue weighted by molar-refractivity contribution is 5.81. The first-order valence-electron chi connectivity index (χ1n) is 9.95. The molecule has 1 atom stereocenters. The second-order valence-electron chi connectivity index (χ2n) is 7.58. The lowest BCUT2D eigenvalue weighted by atomic mass is 9.98. The molecule has 2 aromatic heterocycles. The number of rotatable bonds is 3. The van der Waals surface area contributed by atoms with Crippen LogP contribution in [-0.4, -0.2) is 38.7 Å². The van der Waals surface area contributed by atoms with E-state index in [1.54, 1.807) is 29.2 Å². The fourth-order valence-corrected chi connectivity index (χ4v) is 4.06. The van der Waals surface area contributed by atoms with Gasteiger partial charge >= 0.3 is 0 Å². The first kappa shape index (κ1) is 18.4. The summed E-state index contributed by atoms with van der Waals surface area (Å²) in [5.41, 5.74) is 0.763. The summed E-state index contributed by atoms with van der Waals surface area (Å²) >= 11 is 0. The number of hydrogen-bond acceptors (Lipinski definition) is 5. The highest BCUT2D eigenvalue weighted by atomic mass is 16.3. The Hall–Kier alpha value is -3.68. The number of piperidine rings is 1. The van der Waals surface area contributed by atoms with Gasteiger partial charge in [-0.3, -0.25) is 19.5 Å². The molecule has 1 fully saturated rings. The van der Waals surface area contributed by atoms with Gasteiger partial charge in [0.15, 0.2) is 11.5 Å². The molecule has 1 N–H and O–H groups in total. The number of nitrogens with zero attached hydrogens (tertiary/aromatic N) is 3. The molecule has 1 aliphatic rings. The number of fused-ring (bicyclic) bond motifs is 2. The topological polar surface area (TPSA) is 101 Å². The molecule has 1 unspecified atom stereocenters. The van der Waals surface area contributed by atoms with Crippen LogP contribution in [0.15, 0.2) is 62.5 Å². The zero-order chi connectivity index (χ0) is 20.7. The van der Waals surface area contributed by atoms with Crippen LogP contribution in [-0.2, 0) is 11.3 Å². The smallest absolute Gasteiger partial charge is 0.273 e. The van der Waals surface area contributed by atoms with Crippen molar-refractivity contribution >= 4 is 27.8 Å². The second-order valence-corrected chi connectivity index (χ2v) is 7.58. The maximum absolute atomic E-state index is 12.9. The van der Waals surface area contributed by atoms with Crippen molar-refractivity contribution in [2.24, 2.45) is 0 Å². The van der Waals surface area contributed by atoms with E-state index in [4.69, 9.17) is 4.42 Å². The predicted octanol–water partition coefficient (Wildman–Crippen LogP) is 2.24. The van der Waals surface area contributed by atoms with Gasteiger partial charge in [-0.05, 0) is 37.1 Å². The van der Waals surface area contributed by atoms with Crippen LogP contribution in [0.3, 0.4) is 0 Å². The number of hydrogen-bond donors (Lipinski definition) is 1. The lowest BCUT2D eigenvalue weighted by Crippen LogP contribution is -2.43. The number of benzene rings is 2. The van der Waals surface area contributed by atoms with E-state index in [0.29, 0.717) is 29.8 Å². The van der Waals surface area contributed by atoms with Gasteiger partial charge in [-0.15, -0.1) is 0 Å². The molecule has 1 aliphatic heterocycles. The van der Waals surface area contributed by atoms with Gasteiger partial charge < -0.3 is 9.32 Å². The maximum Gasteiger partial charge on any atom is 0.273 e. The fourth-order valence-electron chi connectivity index (χ4n) is 4.06. The van der Waals surface area contributed by atoms with Gasteiger partial charge in [0.1, 0.15) is 12.1 Å². The molecule has 5 rings (SSSR count). The van der Waals surface area contributed by atoms with E-state index in [0.717, 1.165) is 28.6 Å². The first-order chi connectivity index (χ1) is 14.6. The Balaban J connectivity index is 1.37. The van der Waals surface area contributed by atoms with Crippen LogP contribution in [0.25, 0.3) is 21.9 Å². The molecular formula is C22H20N4O4. The van der Waals surface area contributed by atoms with E-state index in [2.05, 4.69) is 10.1 Å². The van der Waals surface area contributed by atoms with Crippen molar-refractivity contribution < 1.29 is 9.21 Å². The molecule has 0 aliphatic carbocycles. The standard InChI is InChI=1S/C22H20N4O4/c27-19(13-26-22(29)16-8-2-1-7-15(16)20(28)24-26)25-11-5-6-14(12-25)21-23-17-9-3-4-10-18(17)30-21/h1-4,7-10,14H,5-6,11-13H2,(H,24,28). The summed E-state index contributed by atoms with van der Waals surface area (Å²) < 4.78 is 6.98. The Morgan fingerprint density at radius 1 is 1.10 bits per heavy atom. The summed E-state index contributed by atoms with van der Waals surface area (Å²) in [5, 5.41) is 3.14. The van der Waals surface area contributed by atoms with E-state index >= 15 is 0 Å². The van der Waals surface area contributed by atoms with E-state index in [1.165, 1.54) is 0 Å². The number of carbonyl (C=O) groups excluding carboxylic acids is 1. The van der Waals surface area contributed by atoms with Crippen LogP contribution in [0.2, 0.25) is 0 Å². The van der Waals surface area contributed by atoms with Gasteiger partial charge in [-0.25, -0.2) is 9.67 Å². The Morgan fingerprint density at radius 3 is 2.70 bits per heavy atom. The molecular weight excluding hydrogens is 384 g/mol. The van der Waals surface area contributed by atoms with Gasteiger partial charge in [-0.1, -0.05) is 24.3 Å². The minimum Gasteiger partial charge on any atom is -0.440 e. The van der Waals surface area contributed by atoms with Gasteiger partial charge in [0, 0.05) is 13.1 Å². The van der Waals surface area contributed by atoms with Gasteiger partial charge in [-0.2, -0.15) is 0 Å². The number of nitrogens with one attached hydrogen (secondary N) is 1. The normalized spacial score (nSPS) is 16.9. The molecule has 0 radical (unpaired) electrons. The quantitative estimate of drug-likeness (QED) is 0.564. The van der Waals surface area contributed by atoms with Crippen molar-refractivity contribution in [2.75, 3.05) is 13.1 Å². The van der Waals surface area contributed by atoms with E-state index < -0.39 is 0 Å². The third kappa shape index (κ3) is 3.20. The van der Waals surface area contributed by atoms with Crippen molar-refractivity contribution in [3.63, 3.8) is 0 Å². The monoisotopic (exact) mass is 404 g/mol. The molecule has 0 spiro atoms. The summed E-state index contributed by atoms with van der Waals surface area (Å²) in [6.07, 6.45) is 1.70. The van der Waals surface area contributed by atoms with E-state index in [-0.39, 0.29) is 29.5 Å². The van der Waals surface area contributed by atoms with Crippen molar-refractivity contribution in [2.45, 2.75) is 25.3 Å². The summed E-state index contributed by atoms with van der Waals surface area (Å²) in [4.78, 5) is 44.1. The minimum atomic E-state index is -0.388. The summed E-state index contributed by atoms with van der Waals surface area (Å²) in [7, 11) is 0. The van der Waals surface area contributed by atoms with Crippen LogP contribution in [0.1, 0.15) is 24.7 Å². The third-order valence-electron chi connectivity index (χ3n) is 5.61. The molecule has 0 bridgehead atoms. The zero-order valence-corrected chi connectivity index (χ0v) is 16.2. The van der Waals surface area contributed by atoms with Crippen molar-refractivity contribution in [3.05, 3.63) is 75.1 Å². The largest absolute Gasteiger partial charge is 0.440 e. The maximum atomic E-state index is 12.9. The second kappa shape index (κ2) is 7.29. The number of H-pyrrole nitrogens is 1. The van der Waals surface area contributed by atoms with Crippen molar-refractivity contribution in [3.8, 4) is 0 Å². The van der Waals surface area contributed by atoms with Crippen LogP contribution < -0.4 is 11.1 Å². The SMILES string of the molecule is O=C(Cn1[nH]c(=O)c2ccccc2c1=O)N1CCCC(c2nc3ccccc3o2)C1. The lowest BCUT2D eigenvalue weighted by molar-refractivity contribution is -0.133. The molecule has 2 aromatic carbocycles. The molecule has 0 saturated carbocycles. The molecule has 8 nitrogen and oxygen atoms in total. The Bertz CT molecular complexity index is 1330. The van der Waals surface area contributed by atoms with Crippen LogP contribution in [0.5, 0.6) is 0 Å². The number of amides is 1. The van der Waals surface area contributed by atoms with Crippen LogP contribution in [0.4, 0.5) is 0 Å². The predicted molar refractivity (Wildman–Crippen MR) is 111 cm³/mol.